The Morgan fingerprint density at radius 1 is 1.05 bits per heavy atom. The largest absolute Gasteiger partial charge is 0.435 e. The van der Waals surface area contributed by atoms with Gasteiger partial charge in [0.05, 0.1) is 21.3 Å². The molecule has 1 aliphatic carbocycles. The lowest BCUT2D eigenvalue weighted by Crippen LogP contribution is -2.50. The molecule has 0 unspecified atom stereocenters. The van der Waals surface area contributed by atoms with Gasteiger partial charge in [-0.3, -0.25) is 4.79 Å². The monoisotopic (exact) mass is 574 g/mol. The van der Waals surface area contributed by atoms with Crippen LogP contribution >= 0.6 is 23.2 Å². The average Bonchev–Trinajstić information content (AvgIpc) is 3.17. The summed E-state index contributed by atoms with van der Waals surface area (Å²) < 4.78 is 108. The molecule has 0 aromatic heterocycles. The first-order valence-corrected chi connectivity index (χ1v) is 11.4. The molecular weight excluding hydrogens is 559 g/mol. The lowest BCUT2D eigenvalue weighted by molar-refractivity contribution is -0.275. The molecule has 0 bridgehead atoms. The van der Waals surface area contributed by atoms with Crippen LogP contribution < -0.4 is 5.32 Å². The zero-order chi connectivity index (χ0) is 27.6. The van der Waals surface area contributed by atoms with E-state index in [1.54, 1.807) is 0 Å². The smallest absolute Gasteiger partial charge is 0.374 e. The summed E-state index contributed by atoms with van der Waals surface area (Å²) in [5, 5.41) is 3.94. The van der Waals surface area contributed by atoms with E-state index in [9.17, 15) is 39.9 Å². The highest BCUT2D eigenvalue weighted by atomic mass is 35.5. The van der Waals surface area contributed by atoms with Gasteiger partial charge in [-0.05, 0) is 42.3 Å². The number of halogens is 10. The molecule has 37 heavy (non-hydrogen) atoms. The number of aryl methyl sites for hydroxylation is 1. The lowest BCUT2D eigenvalue weighted by atomic mass is 9.85. The van der Waals surface area contributed by atoms with E-state index in [0.717, 1.165) is 0 Å². The summed E-state index contributed by atoms with van der Waals surface area (Å²) in [5.41, 5.74) is -5.01. The van der Waals surface area contributed by atoms with Crippen molar-refractivity contribution < 1.29 is 44.8 Å². The van der Waals surface area contributed by atoms with Crippen LogP contribution in [0.5, 0.6) is 0 Å². The number of nitrogens with one attached hydrogen (secondary N) is 1. The third kappa shape index (κ3) is 5.09. The van der Waals surface area contributed by atoms with Gasteiger partial charge in [-0.25, -0.2) is 8.78 Å². The van der Waals surface area contributed by atoms with Gasteiger partial charge in [0.2, 0.25) is 0 Å². The molecule has 200 valence electrons. The van der Waals surface area contributed by atoms with Gasteiger partial charge >= 0.3 is 12.4 Å². The minimum Gasteiger partial charge on any atom is -0.374 e. The van der Waals surface area contributed by atoms with Gasteiger partial charge in [-0.1, -0.05) is 34.4 Å². The molecule has 4 nitrogen and oxygen atoms in total. The fourth-order valence-electron chi connectivity index (χ4n) is 4.26. The average molecular weight is 575 g/mol. The van der Waals surface area contributed by atoms with Crippen LogP contribution in [0.3, 0.4) is 0 Å². The zero-order valence-corrected chi connectivity index (χ0v) is 20.1. The van der Waals surface area contributed by atoms with Crippen molar-refractivity contribution in [3.63, 3.8) is 0 Å². The van der Waals surface area contributed by atoms with Crippen molar-refractivity contribution in [2.24, 2.45) is 5.16 Å². The molecule has 2 aromatic rings. The Kier molecular flexibility index (Phi) is 6.68. The molecule has 1 fully saturated rings. The molecule has 2 aromatic carbocycles. The summed E-state index contributed by atoms with van der Waals surface area (Å²) in [6.07, 6.45) is -12.0. The Labute approximate surface area is 214 Å². The second-order valence-corrected chi connectivity index (χ2v) is 9.72. The number of rotatable bonds is 4. The first-order chi connectivity index (χ1) is 16.9. The normalized spacial score (nSPS) is 21.8. The fourth-order valence-corrected chi connectivity index (χ4v) is 4.96. The number of hydrogen-bond donors (Lipinski definition) is 1. The van der Waals surface area contributed by atoms with E-state index in [2.05, 4.69) is 10.5 Å². The van der Waals surface area contributed by atoms with E-state index in [-0.39, 0.29) is 16.8 Å². The Hall–Kier alpha value is -2.60. The first-order valence-electron chi connectivity index (χ1n) is 10.6. The number of benzene rings is 2. The van der Waals surface area contributed by atoms with Crippen molar-refractivity contribution in [2.45, 2.75) is 56.1 Å². The number of nitrogens with zero attached hydrogens (tertiary/aromatic N) is 1. The van der Waals surface area contributed by atoms with Gasteiger partial charge in [0.25, 0.3) is 17.4 Å². The maximum absolute atomic E-state index is 14.2. The van der Waals surface area contributed by atoms with Crippen LogP contribution in [-0.4, -0.2) is 29.8 Å². The quantitative estimate of drug-likeness (QED) is 0.386. The Morgan fingerprint density at radius 3 is 2.14 bits per heavy atom. The minimum absolute atomic E-state index is 0.127. The summed E-state index contributed by atoms with van der Waals surface area (Å²) in [4.78, 5) is 17.2. The van der Waals surface area contributed by atoms with Gasteiger partial charge in [-0.15, -0.1) is 0 Å². The third-order valence-electron chi connectivity index (χ3n) is 6.21. The van der Waals surface area contributed by atoms with E-state index in [0.29, 0.717) is 17.7 Å². The van der Waals surface area contributed by atoms with Crippen LogP contribution in [0, 0.1) is 6.92 Å². The molecule has 1 saturated carbocycles. The van der Waals surface area contributed by atoms with Crippen molar-refractivity contribution in [1.29, 1.82) is 0 Å². The van der Waals surface area contributed by atoms with Crippen LogP contribution in [0.2, 0.25) is 10.0 Å². The van der Waals surface area contributed by atoms with Crippen molar-refractivity contribution >= 4 is 34.8 Å². The number of amides is 1. The fraction of sp³-hybridized carbons (Fsp3) is 0.391. The van der Waals surface area contributed by atoms with Crippen molar-refractivity contribution in [2.75, 3.05) is 0 Å². The zero-order valence-electron chi connectivity index (χ0n) is 18.6. The topological polar surface area (TPSA) is 50.7 Å². The Bertz CT molecular complexity index is 1260. The number of hydrogen-bond acceptors (Lipinski definition) is 3. The van der Waals surface area contributed by atoms with E-state index in [1.165, 1.54) is 25.1 Å². The molecule has 0 saturated heterocycles. The molecule has 0 spiro atoms. The molecule has 2 aliphatic rings. The maximum atomic E-state index is 14.2. The van der Waals surface area contributed by atoms with Gasteiger partial charge in [-0.2, -0.15) is 26.3 Å². The van der Waals surface area contributed by atoms with Crippen LogP contribution in [0.4, 0.5) is 35.1 Å². The summed E-state index contributed by atoms with van der Waals surface area (Å²) in [5.74, 6) is -3.45. The second-order valence-electron chi connectivity index (χ2n) is 8.91. The Morgan fingerprint density at radius 2 is 1.65 bits per heavy atom. The molecular formula is C23H16Cl2F8N2O2. The van der Waals surface area contributed by atoms with Crippen LogP contribution in [0.15, 0.2) is 35.5 Å². The number of oxime groups is 1. The van der Waals surface area contributed by atoms with E-state index < -0.39 is 76.3 Å². The Balaban J connectivity index is 1.60. The van der Waals surface area contributed by atoms with E-state index in [4.69, 9.17) is 28.0 Å². The highest BCUT2D eigenvalue weighted by Gasteiger charge is 2.62. The third-order valence-corrected chi connectivity index (χ3v) is 6.80. The predicted molar refractivity (Wildman–Crippen MR) is 118 cm³/mol. The van der Waals surface area contributed by atoms with Crippen LogP contribution in [0.1, 0.15) is 51.9 Å². The first kappa shape index (κ1) is 27.4. The van der Waals surface area contributed by atoms with Gasteiger partial charge in [0, 0.05) is 36.4 Å². The predicted octanol–water partition coefficient (Wildman–Crippen LogP) is 7.43. The molecule has 14 heteroatoms. The van der Waals surface area contributed by atoms with E-state index >= 15 is 0 Å². The van der Waals surface area contributed by atoms with Crippen molar-refractivity contribution in [1.82, 2.24) is 5.32 Å². The van der Waals surface area contributed by atoms with Gasteiger partial charge in [0.1, 0.15) is 0 Å². The minimum atomic E-state index is -5.13. The number of carbonyl (C=O) groups is 1. The molecule has 1 amide bonds. The molecule has 1 aliphatic heterocycles. The van der Waals surface area contributed by atoms with Crippen LogP contribution in [-0.2, 0) is 16.6 Å². The SMILES string of the molecule is Cc1cc(C2=NO[C@@](c3cc(Cl)c(C(F)(F)F)c(Cl)c3)(C(F)(F)F)C2)ccc1C(=O)NC1CC(F)(F)C1. The summed E-state index contributed by atoms with van der Waals surface area (Å²) in [7, 11) is 0. The number of carbonyl (C=O) groups excluding carboxylic acids is 1. The molecule has 4 rings (SSSR count). The highest BCUT2D eigenvalue weighted by Crippen LogP contribution is 2.51. The van der Waals surface area contributed by atoms with Crippen LogP contribution in [0.25, 0.3) is 0 Å². The molecule has 1 atom stereocenters. The highest BCUT2D eigenvalue weighted by molar-refractivity contribution is 6.36. The maximum Gasteiger partial charge on any atom is 0.435 e. The lowest BCUT2D eigenvalue weighted by Gasteiger charge is -2.35. The van der Waals surface area contributed by atoms with Crippen molar-refractivity contribution in [3.05, 3.63) is 68.2 Å². The molecule has 1 heterocycles. The number of alkyl halides is 8. The van der Waals surface area contributed by atoms with Gasteiger partial charge < -0.3 is 10.2 Å². The second kappa shape index (κ2) is 9.00. The summed E-state index contributed by atoms with van der Waals surface area (Å²) in [6.45, 7) is 1.50. The summed E-state index contributed by atoms with van der Waals surface area (Å²) >= 11 is 11.3. The molecule has 1 N–H and O–H groups in total. The standard InChI is InChI=1S/C23H16Cl2F8N2O2/c1-10-4-11(2-3-14(10)19(36)34-13-7-20(26,27)8-13)17-9-21(37-35-17,23(31,32)33)12-5-15(24)18(16(25)6-12)22(28,29)30/h2-6,13H,7-9H2,1H3,(H,34,36)/t21-/m0/s1. The summed E-state index contributed by atoms with van der Waals surface area (Å²) in [6, 6.07) is 4.27. The van der Waals surface area contributed by atoms with Crippen molar-refractivity contribution in [3.8, 4) is 0 Å². The van der Waals surface area contributed by atoms with Gasteiger partial charge in [0.15, 0.2) is 0 Å². The molecule has 0 radical (unpaired) electrons. The van der Waals surface area contributed by atoms with E-state index in [1.807, 2.05) is 0 Å².